The zero-order valence-electron chi connectivity index (χ0n) is 19.8. The summed E-state index contributed by atoms with van der Waals surface area (Å²) in [6.07, 6.45) is 4.24. The van der Waals surface area contributed by atoms with Gasteiger partial charge in [-0.1, -0.05) is 20.8 Å². The van der Waals surface area contributed by atoms with Crippen molar-refractivity contribution in [2.24, 2.45) is 10.9 Å². The van der Waals surface area contributed by atoms with E-state index in [1.807, 2.05) is 34.0 Å². The third-order valence-electron chi connectivity index (χ3n) is 6.01. The molecule has 1 rings (SSSR count). The lowest BCUT2D eigenvalue weighted by Gasteiger charge is -2.47. The van der Waals surface area contributed by atoms with Crippen LogP contribution in [0.2, 0.25) is 18.1 Å². The zero-order valence-corrected chi connectivity index (χ0v) is 21.6. The van der Waals surface area contributed by atoms with Gasteiger partial charge < -0.3 is 13.9 Å². The van der Waals surface area contributed by atoms with Gasteiger partial charge in [0.05, 0.1) is 11.7 Å². The molecule has 7 heteroatoms. The monoisotopic (exact) mass is 429 g/mol. The van der Waals surface area contributed by atoms with Crippen LogP contribution in [-0.2, 0) is 15.8 Å². The predicted octanol–water partition coefficient (Wildman–Crippen LogP) is 4.70. The molecule has 1 fully saturated rings. The van der Waals surface area contributed by atoms with E-state index in [1.54, 1.807) is 0 Å². The van der Waals surface area contributed by atoms with Crippen LogP contribution in [-0.4, -0.2) is 55.0 Å². The lowest BCUT2D eigenvalue weighted by molar-refractivity contribution is 0.0427. The summed E-state index contributed by atoms with van der Waals surface area (Å²) in [5, 5.41) is 0.209. The van der Waals surface area contributed by atoms with Crippen LogP contribution in [0.4, 0.5) is 0 Å². The van der Waals surface area contributed by atoms with Gasteiger partial charge in [-0.15, -0.1) is 4.72 Å². The average molecular weight is 430 g/mol. The Bertz CT molecular complexity index is 549. The Hall–Kier alpha value is -0.343. The predicted molar refractivity (Wildman–Crippen MR) is 126 cm³/mol. The number of hydrogen-bond donors (Lipinski definition) is 1. The SMILES string of the molecule is C=N/C(=C\N(C)CC)[C@@H](N[S+]([O-])C(C)(C)C)C1CC(O[Si](C)(C)C(C)(C)C)C1. The van der Waals surface area contributed by atoms with Gasteiger partial charge in [0.2, 0.25) is 0 Å². The van der Waals surface area contributed by atoms with Crippen LogP contribution in [0.5, 0.6) is 0 Å². The summed E-state index contributed by atoms with van der Waals surface area (Å²) in [6.45, 7) is 24.1. The third kappa shape index (κ3) is 6.87. The summed E-state index contributed by atoms with van der Waals surface area (Å²) in [5.41, 5.74) is 0.859. The first-order valence-corrected chi connectivity index (χ1v) is 14.4. The molecule has 0 aromatic carbocycles. The molecule has 0 saturated heterocycles. The van der Waals surface area contributed by atoms with Crippen LogP contribution in [0.3, 0.4) is 0 Å². The molecule has 0 amide bonds. The van der Waals surface area contributed by atoms with Crippen molar-refractivity contribution in [1.29, 1.82) is 0 Å². The fourth-order valence-corrected chi connectivity index (χ4v) is 5.07. The van der Waals surface area contributed by atoms with Crippen LogP contribution < -0.4 is 4.72 Å². The standard InChI is InChI=1S/C21H43N3O2SSi/c1-12-24(9)15-18(22-8)19(23-27(25)20(2,3)4)16-13-17(14-16)26-28(10,11)21(5,6)7/h15-17,19,23H,8,12-14H2,1-7,9-11H3/b18-15-/t16?,17?,19-,27?/m0/s1. The highest BCUT2D eigenvalue weighted by Gasteiger charge is 2.46. The first-order chi connectivity index (χ1) is 12.6. The van der Waals surface area contributed by atoms with Crippen molar-refractivity contribution >= 4 is 26.4 Å². The molecule has 28 heavy (non-hydrogen) atoms. The molecular formula is C21H43N3O2SSi. The Morgan fingerprint density at radius 2 is 1.86 bits per heavy atom. The summed E-state index contributed by atoms with van der Waals surface area (Å²) in [5.74, 6) is 0.350. The Balaban J connectivity index is 2.93. The summed E-state index contributed by atoms with van der Waals surface area (Å²) in [7, 11) is 0.250. The third-order valence-corrected chi connectivity index (χ3v) is 12.1. The van der Waals surface area contributed by atoms with Crippen LogP contribution >= 0.6 is 0 Å². The molecule has 0 heterocycles. The Morgan fingerprint density at radius 1 is 1.32 bits per heavy atom. The van der Waals surface area contributed by atoms with Crippen LogP contribution in [0.15, 0.2) is 16.9 Å². The number of nitrogens with one attached hydrogen (secondary N) is 1. The smallest absolute Gasteiger partial charge is 0.192 e. The minimum atomic E-state index is -1.77. The van der Waals surface area contributed by atoms with Crippen molar-refractivity contribution < 1.29 is 8.98 Å². The molecule has 0 aromatic heterocycles. The average Bonchev–Trinajstić information content (AvgIpc) is 2.51. The fourth-order valence-electron chi connectivity index (χ4n) is 2.79. The molecule has 1 aliphatic carbocycles. The lowest BCUT2D eigenvalue weighted by Crippen LogP contribution is -2.54. The topological polar surface area (TPSA) is 59.9 Å². The minimum Gasteiger partial charge on any atom is -0.598 e. The maximum Gasteiger partial charge on any atom is 0.192 e. The molecule has 1 N–H and O–H groups in total. The molecule has 0 radical (unpaired) electrons. The summed E-state index contributed by atoms with van der Waals surface area (Å²) in [6, 6.07) is -0.0779. The van der Waals surface area contributed by atoms with Gasteiger partial charge in [-0.2, -0.15) is 0 Å². The largest absolute Gasteiger partial charge is 0.598 e. The molecule has 1 unspecified atom stereocenters. The highest BCUT2D eigenvalue weighted by molar-refractivity contribution is 7.90. The lowest BCUT2D eigenvalue weighted by atomic mass is 9.76. The molecule has 0 spiro atoms. The molecule has 1 aliphatic rings. The fraction of sp³-hybridized carbons (Fsp3) is 0.857. The van der Waals surface area contributed by atoms with Crippen molar-refractivity contribution in [3.63, 3.8) is 0 Å². The van der Waals surface area contributed by atoms with Crippen molar-refractivity contribution in [3.05, 3.63) is 11.9 Å². The van der Waals surface area contributed by atoms with E-state index in [2.05, 4.69) is 62.1 Å². The van der Waals surface area contributed by atoms with E-state index in [0.717, 1.165) is 25.1 Å². The second-order valence-electron chi connectivity index (χ2n) is 10.5. The second-order valence-corrected chi connectivity index (χ2v) is 17.2. The number of aliphatic imine (C=N–C) groups is 1. The van der Waals surface area contributed by atoms with Gasteiger partial charge in [0.1, 0.15) is 4.75 Å². The van der Waals surface area contributed by atoms with Gasteiger partial charge >= 0.3 is 0 Å². The Labute approximate surface area is 177 Å². The Kier molecular flexibility index (Phi) is 8.85. The number of nitrogens with zero attached hydrogens (tertiary/aromatic N) is 2. The van der Waals surface area contributed by atoms with Gasteiger partial charge in [0, 0.05) is 37.3 Å². The van der Waals surface area contributed by atoms with Gasteiger partial charge in [0.15, 0.2) is 8.32 Å². The summed E-state index contributed by atoms with van der Waals surface area (Å²) < 4.78 is 22.4. The zero-order chi connectivity index (χ0) is 21.9. The van der Waals surface area contributed by atoms with E-state index < -0.39 is 19.7 Å². The van der Waals surface area contributed by atoms with E-state index in [1.165, 1.54) is 0 Å². The molecule has 1 saturated carbocycles. The van der Waals surface area contributed by atoms with Gasteiger partial charge in [0.25, 0.3) is 0 Å². The van der Waals surface area contributed by atoms with Crippen molar-refractivity contribution in [1.82, 2.24) is 9.62 Å². The van der Waals surface area contributed by atoms with Gasteiger partial charge in [-0.05, 0) is 71.3 Å². The first kappa shape index (κ1) is 25.7. The minimum absolute atomic E-state index is 0.0779. The number of hydrogen-bond acceptors (Lipinski definition) is 5. The summed E-state index contributed by atoms with van der Waals surface area (Å²) >= 11 is -1.17. The van der Waals surface area contributed by atoms with E-state index in [-0.39, 0.29) is 21.9 Å². The maximum absolute atomic E-state index is 12.8. The van der Waals surface area contributed by atoms with Crippen LogP contribution in [0.25, 0.3) is 0 Å². The number of rotatable bonds is 9. The van der Waals surface area contributed by atoms with Crippen LogP contribution in [0.1, 0.15) is 61.3 Å². The first-order valence-electron chi connectivity index (χ1n) is 10.4. The van der Waals surface area contributed by atoms with Crippen LogP contribution in [0, 0.1) is 5.92 Å². The summed E-state index contributed by atoms with van der Waals surface area (Å²) in [4.78, 5) is 6.38. The van der Waals surface area contributed by atoms with Crippen molar-refractivity contribution in [2.45, 2.75) is 96.3 Å². The van der Waals surface area contributed by atoms with Crippen molar-refractivity contribution in [2.75, 3.05) is 13.6 Å². The van der Waals surface area contributed by atoms with Crippen molar-refractivity contribution in [3.8, 4) is 0 Å². The highest BCUT2D eigenvalue weighted by atomic mass is 32.2. The molecular weight excluding hydrogens is 386 g/mol. The van der Waals surface area contributed by atoms with E-state index >= 15 is 0 Å². The van der Waals surface area contributed by atoms with Gasteiger partial charge in [-0.3, -0.25) is 4.99 Å². The van der Waals surface area contributed by atoms with E-state index in [4.69, 9.17) is 4.43 Å². The van der Waals surface area contributed by atoms with Gasteiger partial charge in [-0.25, -0.2) is 0 Å². The van der Waals surface area contributed by atoms with E-state index in [9.17, 15) is 4.55 Å². The second kappa shape index (κ2) is 9.64. The molecule has 0 aromatic rings. The molecule has 2 atom stereocenters. The maximum atomic E-state index is 12.8. The molecule has 0 aliphatic heterocycles. The molecule has 5 nitrogen and oxygen atoms in total. The quantitative estimate of drug-likeness (QED) is 0.328. The molecule has 0 bridgehead atoms. The van der Waals surface area contributed by atoms with E-state index in [0.29, 0.717) is 5.92 Å². The highest BCUT2D eigenvalue weighted by Crippen LogP contribution is 2.43. The normalized spacial score (nSPS) is 23.8. The Morgan fingerprint density at radius 3 is 2.25 bits per heavy atom. The molecule has 164 valence electrons.